The minimum atomic E-state index is -1.23. The number of anilines is 1. The van der Waals surface area contributed by atoms with Crippen LogP contribution in [-0.2, 0) is 16.2 Å². The highest BCUT2D eigenvalue weighted by atomic mass is 35.5. The minimum absolute atomic E-state index is 0.0623. The van der Waals surface area contributed by atoms with E-state index >= 15 is 0 Å². The molecule has 0 radical (unpaired) electrons. The van der Waals surface area contributed by atoms with Gasteiger partial charge in [0.05, 0.1) is 12.2 Å². The van der Waals surface area contributed by atoms with E-state index in [2.05, 4.69) is 0 Å². The van der Waals surface area contributed by atoms with Gasteiger partial charge in [-0.2, -0.15) is 0 Å². The summed E-state index contributed by atoms with van der Waals surface area (Å²) in [4.78, 5) is 29.1. The van der Waals surface area contributed by atoms with Crippen LogP contribution < -0.4 is 4.90 Å². The number of benzene rings is 3. The maximum absolute atomic E-state index is 14.4. The van der Waals surface area contributed by atoms with Crippen molar-refractivity contribution in [1.29, 1.82) is 0 Å². The van der Waals surface area contributed by atoms with E-state index in [0.717, 1.165) is 6.07 Å². The molecule has 0 saturated carbocycles. The first-order valence-corrected chi connectivity index (χ1v) is 11.3. The van der Waals surface area contributed by atoms with E-state index in [1.165, 1.54) is 28.8 Å². The molecule has 1 saturated heterocycles. The SMILES string of the molecule is O=C(c1ccc(Cl)cc1)N1CCSC12C(=O)N(Cc1ccc(F)cc1F)c1ccccc12. The molecule has 0 aromatic heterocycles. The van der Waals surface area contributed by atoms with Crippen LogP contribution in [0.1, 0.15) is 21.5 Å². The van der Waals surface area contributed by atoms with Crippen molar-refractivity contribution in [3.8, 4) is 0 Å². The highest BCUT2D eigenvalue weighted by molar-refractivity contribution is 8.01. The molecule has 2 aliphatic heterocycles. The van der Waals surface area contributed by atoms with Crippen molar-refractivity contribution in [3.63, 3.8) is 0 Å². The molecule has 2 aliphatic rings. The first-order chi connectivity index (χ1) is 15.4. The Morgan fingerprint density at radius 1 is 1.06 bits per heavy atom. The molecule has 0 bridgehead atoms. The van der Waals surface area contributed by atoms with Crippen LogP contribution in [0.15, 0.2) is 66.7 Å². The highest BCUT2D eigenvalue weighted by Crippen LogP contribution is 2.54. The van der Waals surface area contributed by atoms with Crippen LogP contribution in [-0.4, -0.2) is 29.0 Å². The van der Waals surface area contributed by atoms with E-state index in [-0.39, 0.29) is 23.9 Å². The predicted octanol–water partition coefficient (Wildman–Crippen LogP) is 5.21. The zero-order chi connectivity index (χ0) is 22.5. The van der Waals surface area contributed by atoms with Crippen LogP contribution in [0.25, 0.3) is 0 Å². The van der Waals surface area contributed by atoms with Crippen molar-refractivity contribution in [2.75, 3.05) is 17.2 Å². The number of nitrogens with zero attached hydrogens (tertiary/aromatic N) is 2. The third-order valence-electron chi connectivity index (χ3n) is 5.78. The summed E-state index contributed by atoms with van der Waals surface area (Å²) in [5.74, 6) is -1.40. The van der Waals surface area contributed by atoms with Crippen molar-refractivity contribution >= 4 is 40.9 Å². The van der Waals surface area contributed by atoms with Gasteiger partial charge in [0, 0.05) is 40.1 Å². The highest BCUT2D eigenvalue weighted by Gasteiger charge is 2.59. The molecule has 32 heavy (non-hydrogen) atoms. The molecule has 4 nitrogen and oxygen atoms in total. The number of halogens is 3. The van der Waals surface area contributed by atoms with E-state index in [0.29, 0.717) is 34.1 Å². The molecule has 1 spiro atoms. The normalized spacial score (nSPS) is 19.7. The molecule has 1 atom stereocenters. The molecule has 8 heteroatoms. The molecule has 2 heterocycles. The number of para-hydroxylation sites is 1. The topological polar surface area (TPSA) is 40.6 Å². The Kier molecular flexibility index (Phi) is 5.18. The third-order valence-corrected chi connectivity index (χ3v) is 7.45. The van der Waals surface area contributed by atoms with Crippen LogP contribution in [0.2, 0.25) is 5.02 Å². The summed E-state index contributed by atoms with van der Waals surface area (Å²) >= 11 is 7.35. The van der Waals surface area contributed by atoms with Gasteiger partial charge in [-0.1, -0.05) is 35.9 Å². The summed E-state index contributed by atoms with van der Waals surface area (Å²) < 4.78 is 27.7. The smallest absolute Gasteiger partial charge is 0.268 e. The van der Waals surface area contributed by atoms with Crippen molar-refractivity contribution in [1.82, 2.24) is 4.90 Å². The number of rotatable bonds is 3. The van der Waals surface area contributed by atoms with Crippen LogP contribution in [0.4, 0.5) is 14.5 Å². The molecule has 3 aromatic rings. The number of carbonyl (C=O) groups excluding carboxylic acids is 2. The Labute approximate surface area is 192 Å². The van der Waals surface area contributed by atoms with Gasteiger partial charge in [-0.05, 0) is 36.4 Å². The quantitative estimate of drug-likeness (QED) is 0.528. The number of thioether (sulfide) groups is 1. The van der Waals surface area contributed by atoms with Gasteiger partial charge < -0.3 is 9.80 Å². The van der Waals surface area contributed by atoms with Crippen LogP contribution in [0, 0.1) is 11.6 Å². The van der Waals surface area contributed by atoms with Crippen LogP contribution in [0.5, 0.6) is 0 Å². The fourth-order valence-electron chi connectivity index (χ4n) is 4.29. The van der Waals surface area contributed by atoms with Crippen molar-refractivity contribution in [2.24, 2.45) is 0 Å². The van der Waals surface area contributed by atoms with Gasteiger partial charge in [0.15, 0.2) is 4.87 Å². The first-order valence-electron chi connectivity index (χ1n) is 9.99. The number of fused-ring (bicyclic) bond motifs is 2. The molecule has 1 fully saturated rings. The molecule has 0 N–H and O–H groups in total. The van der Waals surface area contributed by atoms with Gasteiger partial charge in [-0.15, -0.1) is 11.8 Å². The Hall–Kier alpha value is -2.90. The van der Waals surface area contributed by atoms with E-state index in [4.69, 9.17) is 11.6 Å². The van der Waals surface area contributed by atoms with Gasteiger partial charge in [0.25, 0.3) is 11.8 Å². The summed E-state index contributed by atoms with van der Waals surface area (Å²) in [6.45, 7) is 0.332. The maximum Gasteiger partial charge on any atom is 0.268 e. The molecule has 3 aromatic carbocycles. The minimum Gasteiger partial charge on any atom is -0.311 e. The summed E-state index contributed by atoms with van der Waals surface area (Å²) in [6.07, 6.45) is 0. The van der Waals surface area contributed by atoms with Crippen LogP contribution >= 0.6 is 23.4 Å². The lowest BCUT2D eigenvalue weighted by Crippen LogP contribution is -2.50. The fourth-order valence-corrected chi connectivity index (χ4v) is 5.88. The van der Waals surface area contributed by atoms with E-state index in [1.807, 2.05) is 12.1 Å². The summed E-state index contributed by atoms with van der Waals surface area (Å²) in [7, 11) is 0. The largest absolute Gasteiger partial charge is 0.311 e. The summed E-state index contributed by atoms with van der Waals surface area (Å²) in [5, 5.41) is 0.516. The number of amides is 2. The lowest BCUT2D eigenvalue weighted by Gasteiger charge is -2.33. The van der Waals surface area contributed by atoms with Crippen molar-refractivity contribution in [2.45, 2.75) is 11.4 Å². The van der Waals surface area contributed by atoms with Crippen molar-refractivity contribution in [3.05, 3.63) is 100 Å². The molecule has 2 amide bonds. The molecular formula is C24H17ClF2N2O2S. The monoisotopic (exact) mass is 470 g/mol. The number of hydrogen-bond acceptors (Lipinski definition) is 3. The van der Waals surface area contributed by atoms with E-state index in [1.54, 1.807) is 41.3 Å². The lowest BCUT2D eigenvalue weighted by molar-refractivity contribution is -0.123. The van der Waals surface area contributed by atoms with Crippen LogP contribution in [0.3, 0.4) is 0 Å². The van der Waals surface area contributed by atoms with Gasteiger partial charge in [-0.3, -0.25) is 9.59 Å². The molecule has 0 aliphatic carbocycles. The molecular weight excluding hydrogens is 454 g/mol. The zero-order valence-electron chi connectivity index (χ0n) is 16.7. The summed E-state index contributed by atoms with van der Waals surface area (Å²) in [6, 6.07) is 17.1. The Bertz CT molecular complexity index is 1240. The standard InChI is InChI=1S/C24H17ClF2N2O2S/c25-17-8-5-15(6-9-17)22(30)29-11-12-32-24(29)19-3-1-2-4-21(19)28(23(24)31)14-16-7-10-18(26)13-20(16)27/h1-10,13H,11-12,14H2. The zero-order valence-corrected chi connectivity index (χ0v) is 18.3. The predicted molar refractivity (Wildman–Crippen MR) is 121 cm³/mol. The van der Waals surface area contributed by atoms with Gasteiger partial charge in [0.1, 0.15) is 11.6 Å². The molecule has 1 unspecified atom stereocenters. The van der Waals surface area contributed by atoms with Gasteiger partial charge in [0.2, 0.25) is 0 Å². The Morgan fingerprint density at radius 3 is 2.56 bits per heavy atom. The first kappa shape index (κ1) is 21.0. The molecule has 5 rings (SSSR count). The lowest BCUT2D eigenvalue weighted by atomic mass is 10.0. The average Bonchev–Trinajstić information content (AvgIpc) is 3.33. The van der Waals surface area contributed by atoms with E-state index < -0.39 is 16.5 Å². The Morgan fingerprint density at radius 2 is 1.81 bits per heavy atom. The van der Waals surface area contributed by atoms with Gasteiger partial charge in [-0.25, -0.2) is 8.78 Å². The number of hydrogen-bond donors (Lipinski definition) is 0. The van der Waals surface area contributed by atoms with Gasteiger partial charge >= 0.3 is 0 Å². The average molecular weight is 471 g/mol. The second kappa shape index (κ2) is 7.90. The molecule has 162 valence electrons. The second-order valence-corrected chi connectivity index (χ2v) is 9.32. The summed E-state index contributed by atoms with van der Waals surface area (Å²) in [5.41, 5.74) is 1.94. The Balaban J connectivity index is 1.57. The van der Waals surface area contributed by atoms with Crippen molar-refractivity contribution < 1.29 is 18.4 Å². The maximum atomic E-state index is 14.4. The second-order valence-electron chi connectivity index (χ2n) is 7.60. The van der Waals surface area contributed by atoms with E-state index in [9.17, 15) is 18.4 Å². The number of carbonyl (C=O) groups is 2. The fraction of sp³-hybridized carbons (Fsp3) is 0.167. The third kappa shape index (κ3) is 3.19.